The van der Waals surface area contributed by atoms with Crippen LogP contribution in [0.4, 0.5) is 5.69 Å². The number of halogens is 2. The van der Waals surface area contributed by atoms with E-state index in [4.69, 9.17) is 0 Å². The Hall–Kier alpha value is -1.15. The molecule has 0 unspecified atom stereocenters. The number of benzene rings is 2. The van der Waals surface area contributed by atoms with Crippen LogP contribution in [0.1, 0.15) is 16.8 Å². The fourth-order valence-corrected chi connectivity index (χ4v) is 4.83. The molecule has 0 aliphatic heterocycles. The van der Waals surface area contributed by atoms with Gasteiger partial charge in [-0.05, 0) is 48.4 Å². The average molecular weight is 512 g/mol. The number of aromatic nitrogens is 1. The molecule has 2 aromatic carbocycles. The number of thiazole rings is 1. The molecule has 0 aliphatic rings. The lowest BCUT2D eigenvalue weighted by atomic mass is 10.2. The van der Waals surface area contributed by atoms with Gasteiger partial charge in [-0.2, -0.15) is 0 Å². The first-order valence-corrected chi connectivity index (χ1v) is 11.3. The number of thioether (sulfide) groups is 1. The molecule has 26 heavy (non-hydrogen) atoms. The van der Waals surface area contributed by atoms with Gasteiger partial charge < -0.3 is 5.32 Å². The van der Waals surface area contributed by atoms with Gasteiger partial charge in [-0.3, -0.25) is 4.79 Å². The van der Waals surface area contributed by atoms with E-state index >= 15 is 0 Å². The molecule has 0 radical (unpaired) electrons. The molecule has 7 heteroatoms. The summed E-state index contributed by atoms with van der Waals surface area (Å²) >= 11 is 10.1. The van der Waals surface area contributed by atoms with Crippen LogP contribution in [0.2, 0.25) is 0 Å². The van der Waals surface area contributed by atoms with Gasteiger partial charge in [0.2, 0.25) is 5.91 Å². The summed E-state index contributed by atoms with van der Waals surface area (Å²) in [6.07, 6.45) is 0.283. The zero-order chi connectivity index (χ0) is 18.5. The number of nitrogens with one attached hydrogen (secondary N) is 1. The van der Waals surface area contributed by atoms with Crippen molar-refractivity contribution >= 4 is 66.6 Å². The lowest BCUT2D eigenvalue weighted by Gasteiger charge is -2.07. The van der Waals surface area contributed by atoms with Crippen LogP contribution in [0, 0.1) is 6.92 Å². The molecule has 0 atom stereocenters. The third-order valence-electron chi connectivity index (χ3n) is 3.61. The average Bonchev–Trinajstić information content (AvgIpc) is 3.04. The predicted molar refractivity (Wildman–Crippen MR) is 117 cm³/mol. The number of hydrogen-bond acceptors (Lipinski definition) is 4. The Bertz CT molecular complexity index is 910. The molecule has 0 saturated heterocycles. The summed E-state index contributed by atoms with van der Waals surface area (Å²) in [7, 11) is 0. The van der Waals surface area contributed by atoms with E-state index in [1.807, 2.05) is 42.6 Å². The third kappa shape index (κ3) is 5.67. The second-order valence-corrected chi connectivity index (χ2v) is 9.62. The van der Waals surface area contributed by atoms with Gasteiger partial charge in [0.05, 0.1) is 12.1 Å². The summed E-state index contributed by atoms with van der Waals surface area (Å²) in [6, 6.07) is 14.1. The highest BCUT2D eigenvalue weighted by Gasteiger charge is 2.10. The summed E-state index contributed by atoms with van der Waals surface area (Å²) < 4.78 is 3.06. The third-order valence-corrected chi connectivity index (χ3v) is 6.77. The monoisotopic (exact) mass is 510 g/mol. The summed E-state index contributed by atoms with van der Waals surface area (Å²) in [4.78, 5) is 16.8. The van der Waals surface area contributed by atoms with Crippen LogP contribution in [-0.2, 0) is 17.0 Å². The number of anilines is 1. The number of amides is 1. The van der Waals surface area contributed by atoms with Crippen molar-refractivity contribution in [3.8, 4) is 0 Å². The summed E-state index contributed by atoms with van der Waals surface area (Å²) in [5.41, 5.74) is 3.91. The molecule has 1 N–H and O–H groups in total. The van der Waals surface area contributed by atoms with Crippen LogP contribution < -0.4 is 5.32 Å². The zero-order valence-electron chi connectivity index (χ0n) is 14.0. The van der Waals surface area contributed by atoms with Crippen LogP contribution in [0.3, 0.4) is 0 Å². The minimum absolute atomic E-state index is 0.0508. The van der Waals surface area contributed by atoms with Crippen molar-refractivity contribution in [2.75, 3.05) is 5.32 Å². The SMILES string of the molecule is Cc1cc(Br)ccc1NC(=O)Cc1csc(SCc2ccc(Br)cc2)n1. The summed E-state index contributed by atoms with van der Waals surface area (Å²) in [5, 5.41) is 4.91. The van der Waals surface area contributed by atoms with E-state index < -0.39 is 0 Å². The van der Waals surface area contributed by atoms with Crippen molar-refractivity contribution in [3.63, 3.8) is 0 Å². The molecular weight excluding hydrogens is 496 g/mol. The van der Waals surface area contributed by atoms with Crippen molar-refractivity contribution in [1.82, 2.24) is 4.98 Å². The Kier molecular flexibility index (Phi) is 6.92. The molecule has 1 amide bonds. The van der Waals surface area contributed by atoms with Gasteiger partial charge in [0.1, 0.15) is 4.34 Å². The van der Waals surface area contributed by atoms with Crippen LogP contribution in [-0.4, -0.2) is 10.9 Å². The zero-order valence-corrected chi connectivity index (χ0v) is 18.8. The lowest BCUT2D eigenvalue weighted by molar-refractivity contribution is -0.115. The lowest BCUT2D eigenvalue weighted by Crippen LogP contribution is -2.15. The van der Waals surface area contributed by atoms with Gasteiger partial charge >= 0.3 is 0 Å². The van der Waals surface area contributed by atoms with E-state index in [2.05, 4.69) is 54.3 Å². The Morgan fingerprint density at radius 3 is 2.62 bits per heavy atom. The molecule has 1 heterocycles. The van der Waals surface area contributed by atoms with Crippen molar-refractivity contribution in [2.45, 2.75) is 23.4 Å². The summed E-state index contributed by atoms with van der Waals surface area (Å²) in [6.45, 7) is 1.97. The highest BCUT2D eigenvalue weighted by Crippen LogP contribution is 2.27. The fourth-order valence-electron chi connectivity index (χ4n) is 2.29. The molecular formula is C19H16Br2N2OS2. The van der Waals surface area contributed by atoms with Gasteiger partial charge in [0.15, 0.2) is 0 Å². The molecule has 3 nitrogen and oxygen atoms in total. The largest absolute Gasteiger partial charge is 0.326 e. The molecule has 3 rings (SSSR count). The normalized spacial score (nSPS) is 10.7. The molecule has 0 saturated carbocycles. The molecule has 0 spiro atoms. The second-order valence-electron chi connectivity index (χ2n) is 5.70. The van der Waals surface area contributed by atoms with Crippen LogP contribution in [0.5, 0.6) is 0 Å². The number of carbonyl (C=O) groups excluding carboxylic acids is 1. The Morgan fingerprint density at radius 2 is 1.88 bits per heavy atom. The van der Waals surface area contributed by atoms with Crippen LogP contribution in [0.15, 0.2) is 61.1 Å². The number of carbonyl (C=O) groups is 1. The maximum atomic E-state index is 12.3. The molecule has 3 aromatic rings. The van der Waals surface area contributed by atoms with Crippen molar-refractivity contribution < 1.29 is 4.79 Å². The van der Waals surface area contributed by atoms with E-state index in [9.17, 15) is 4.79 Å². The predicted octanol–water partition coefficient (Wildman–Crippen LogP) is 6.45. The van der Waals surface area contributed by atoms with E-state index in [-0.39, 0.29) is 12.3 Å². The molecule has 0 bridgehead atoms. The summed E-state index contributed by atoms with van der Waals surface area (Å²) in [5.74, 6) is 0.815. The first-order valence-electron chi connectivity index (χ1n) is 7.87. The minimum atomic E-state index is -0.0508. The topological polar surface area (TPSA) is 42.0 Å². The van der Waals surface area contributed by atoms with Gasteiger partial charge in [0, 0.05) is 25.8 Å². The Labute approximate surface area is 177 Å². The number of hydrogen-bond donors (Lipinski definition) is 1. The first kappa shape index (κ1) is 19.6. The van der Waals surface area contributed by atoms with E-state index in [0.29, 0.717) is 0 Å². The highest BCUT2D eigenvalue weighted by atomic mass is 79.9. The van der Waals surface area contributed by atoms with Gasteiger partial charge in [-0.15, -0.1) is 11.3 Å². The molecule has 1 aromatic heterocycles. The van der Waals surface area contributed by atoms with Gasteiger partial charge in [-0.1, -0.05) is 55.8 Å². The maximum absolute atomic E-state index is 12.3. The van der Waals surface area contributed by atoms with Crippen molar-refractivity contribution in [3.05, 3.63) is 73.6 Å². The molecule has 0 fully saturated rings. The Balaban J connectivity index is 1.54. The van der Waals surface area contributed by atoms with E-state index in [1.54, 1.807) is 23.1 Å². The smallest absolute Gasteiger partial charge is 0.230 e. The standard InChI is InChI=1S/C19H16Br2N2OS2/c1-12-8-15(21)6-7-17(12)23-18(24)9-16-11-26-19(22-16)25-10-13-2-4-14(20)5-3-13/h2-8,11H,9-10H2,1H3,(H,23,24). The maximum Gasteiger partial charge on any atom is 0.230 e. The van der Waals surface area contributed by atoms with Gasteiger partial charge in [-0.25, -0.2) is 4.98 Å². The second kappa shape index (κ2) is 9.17. The van der Waals surface area contributed by atoms with Crippen molar-refractivity contribution in [1.29, 1.82) is 0 Å². The minimum Gasteiger partial charge on any atom is -0.326 e. The molecule has 134 valence electrons. The van der Waals surface area contributed by atoms with Crippen LogP contribution in [0.25, 0.3) is 0 Å². The van der Waals surface area contributed by atoms with Crippen molar-refractivity contribution in [2.24, 2.45) is 0 Å². The number of rotatable bonds is 6. The fraction of sp³-hybridized carbons (Fsp3) is 0.158. The molecule has 0 aliphatic carbocycles. The first-order chi connectivity index (χ1) is 12.5. The van der Waals surface area contributed by atoms with Crippen LogP contribution >= 0.6 is 55.0 Å². The van der Waals surface area contributed by atoms with E-state index in [1.165, 1.54) is 5.56 Å². The number of nitrogens with zero attached hydrogens (tertiary/aromatic N) is 1. The highest BCUT2D eigenvalue weighted by molar-refractivity contribution is 9.10. The van der Waals surface area contributed by atoms with E-state index in [0.717, 1.165) is 36.0 Å². The Morgan fingerprint density at radius 1 is 1.15 bits per heavy atom. The number of aryl methyl sites for hydroxylation is 1. The quantitative estimate of drug-likeness (QED) is 0.386. The van der Waals surface area contributed by atoms with Gasteiger partial charge in [0.25, 0.3) is 0 Å².